The summed E-state index contributed by atoms with van der Waals surface area (Å²) in [5, 5.41) is 0. The van der Waals surface area contributed by atoms with Crippen LogP contribution in [-0.4, -0.2) is 6.38 Å². The van der Waals surface area contributed by atoms with Crippen molar-refractivity contribution < 1.29 is 26.2 Å². The normalized spacial score (nSPS) is 8.53. The fourth-order valence-corrected chi connectivity index (χ4v) is 1.69. The standard InChI is InChI=1S/2C8H11.CH3Cl.Zr/c2*1-3-8-5-4-7(2)6-8;1-2;/h2*4-6H,3H2,1-2H3;1H3;/q2*-1;;+2. The Bertz CT molecular complexity index is 372. The van der Waals surface area contributed by atoms with Gasteiger partial charge in [-0.3, -0.25) is 0 Å². The molecule has 0 aliphatic carbocycles. The van der Waals surface area contributed by atoms with Crippen LogP contribution in [-0.2, 0) is 39.0 Å². The van der Waals surface area contributed by atoms with Crippen LogP contribution in [0.25, 0.3) is 0 Å². The molecule has 0 heterocycles. The van der Waals surface area contributed by atoms with Crippen molar-refractivity contribution >= 4 is 11.6 Å². The van der Waals surface area contributed by atoms with Gasteiger partial charge >= 0.3 is 26.2 Å². The molecule has 0 nitrogen and oxygen atoms in total. The maximum absolute atomic E-state index is 4.64. The summed E-state index contributed by atoms with van der Waals surface area (Å²) in [6.45, 7) is 8.60. The summed E-state index contributed by atoms with van der Waals surface area (Å²) >= 11 is 4.64. The Morgan fingerprint density at radius 1 is 0.842 bits per heavy atom. The monoisotopic (exact) mass is 354 g/mol. The molecule has 0 aromatic heterocycles. The first-order chi connectivity index (χ1) is 8.65. The minimum atomic E-state index is 0. The van der Waals surface area contributed by atoms with Gasteiger partial charge in [-0.05, 0) is 0 Å². The van der Waals surface area contributed by atoms with E-state index in [0.717, 1.165) is 12.8 Å². The predicted octanol–water partition coefficient (Wildman–Crippen LogP) is 5.41. The molecule has 0 unspecified atom stereocenters. The van der Waals surface area contributed by atoms with Crippen LogP contribution in [0, 0.1) is 13.8 Å². The van der Waals surface area contributed by atoms with Crippen LogP contribution in [0.4, 0.5) is 0 Å². The average molecular weight is 356 g/mol. The Balaban J connectivity index is 0. The molecule has 0 fully saturated rings. The minimum Gasteiger partial charge on any atom is -0.211 e. The van der Waals surface area contributed by atoms with Crippen molar-refractivity contribution in [3.63, 3.8) is 0 Å². The molecule has 104 valence electrons. The molecular weight excluding hydrogens is 331 g/mol. The molecule has 19 heavy (non-hydrogen) atoms. The van der Waals surface area contributed by atoms with Gasteiger partial charge in [-0.2, -0.15) is 35.4 Å². The largest absolute Gasteiger partial charge is 2.00 e. The van der Waals surface area contributed by atoms with Gasteiger partial charge in [0.15, 0.2) is 0 Å². The molecule has 2 aromatic rings. The van der Waals surface area contributed by atoms with Crippen molar-refractivity contribution in [1.82, 2.24) is 0 Å². The van der Waals surface area contributed by atoms with E-state index < -0.39 is 0 Å². The summed E-state index contributed by atoms with van der Waals surface area (Å²) in [4.78, 5) is 0. The molecule has 0 N–H and O–H groups in total. The second-order valence-electron chi connectivity index (χ2n) is 4.30. The van der Waals surface area contributed by atoms with Gasteiger partial charge < -0.3 is 0 Å². The van der Waals surface area contributed by atoms with Gasteiger partial charge in [-0.15, -0.1) is 11.6 Å². The molecule has 0 saturated carbocycles. The van der Waals surface area contributed by atoms with Crippen LogP contribution < -0.4 is 0 Å². The first kappa shape index (κ1) is 21.2. The number of hydrogen-bond acceptors (Lipinski definition) is 0. The third-order valence-electron chi connectivity index (χ3n) is 2.76. The zero-order valence-electron chi connectivity index (χ0n) is 12.8. The van der Waals surface area contributed by atoms with Gasteiger partial charge in [0, 0.05) is 6.38 Å². The molecule has 0 saturated heterocycles. The van der Waals surface area contributed by atoms with Crippen LogP contribution in [0.15, 0.2) is 36.4 Å². The van der Waals surface area contributed by atoms with Gasteiger partial charge in [-0.25, -0.2) is 23.3 Å². The molecule has 2 heteroatoms. The van der Waals surface area contributed by atoms with E-state index in [1.807, 2.05) is 0 Å². The third kappa shape index (κ3) is 9.41. The van der Waals surface area contributed by atoms with Crippen molar-refractivity contribution in [2.24, 2.45) is 0 Å². The topological polar surface area (TPSA) is 0 Å². The van der Waals surface area contributed by atoms with E-state index in [1.165, 1.54) is 28.6 Å². The van der Waals surface area contributed by atoms with Crippen LogP contribution in [0.3, 0.4) is 0 Å². The maximum Gasteiger partial charge on any atom is 2.00 e. The Morgan fingerprint density at radius 3 is 1.26 bits per heavy atom. The summed E-state index contributed by atoms with van der Waals surface area (Å²) in [6, 6.07) is 13.1. The molecule has 0 spiro atoms. The molecule has 0 radical (unpaired) electrons. The first-order valence-electron chi connectivity index (χ1n) is 6.48. The second kappa shape index (κ2) is 12.9. The van der Waals surface area contributed by atoms with Crippen molar-refractivity contribution in [1.29, 1.82) is 0 Å². The minimum absolute atomic E-state index is 0. The zero-order chi connectivity index (χ0) is 14.0. The average Bonchev–Trinajstić information content (AvgIpc) is 3.01. The van der Waals surface area contributed by atoms with Crippen LogP contribution in [0.1, 0.15) is 36.1 Å². The SMILES string of the molecule is CC[c-]1ccc(C)c1.CC[c-]1ccc(C)c1.CCl.[Zr+2]. The zero-order valence-corrected chi connectivity index (χ0v) is 16.0. The third-order valence-corrected chi connectivity index (χ3v) is 2.76. The van der Waals surface area contributed by atoms with Crippen molar-refractivity contribution in [2.75, 3.05) is 6.38 Å². The van der Waals surface area contributed by atoms with E-state index in [9.17, 15) is 0 Å². The number of halogens is 1. The number of rotatable bonds is 2. The smallest absolute Gasteiger partial charge is 0.211 e. The van der Waals surface area contributed by atoms with E-state index in [2.05, 4.69) is 75.7 Å². The Morgan fingerprint density at radius 2 is 1.16 bits per heavy atom. The summed E-state index contributed by atoms with van der Waals surface area (Å²) in [7, 11) is 0. The summed E-state index contributed by atoms with van der Waals surface area (Å²) in [6.07, 6.45) is 3.79. The van der Waals surface area contributed by atoms with Crippen molar-refractivity contribution in [2.45, 2.75) is 40.5 Å². The fraction of sp³-hybridized carbons (Fsp3) is 0.412. The Kier molecular flexibility index (Phi) is 14.4. The van der Waals surface area contributed by atoms with Gasteiger partial charge in [0.05, 0.1) is 0 Å². The Hall–Kier alpha value is -0.127. The van der Waals surface area contributed by atoms with E-state index in [1.54, 1.807) is 0 Å². The number of alkyl halides is 1. The van der Waals surface area contributed by atoms with Crippen LogP contribution >= 0.6 is 11.6 Å². The van der Waals surface area contributed by atoms with E-state index in [0.29, 0.717) is 0 Å². The van der Waals surface area contributed by atoms with Crippen molar-refractivity contribution in [3.8, 4) is 0 Å². The first-order valence-corrected chi connectivity index (χ1v) is 7.23. The van der Waals surface area contributed by atoms with E-state index in [4.69, 9.17) is 0 Å². The predicted molar refractivity (Wildman–Crippen MR) is 84.1 cm³/mol. The molecule has 0 bridgehead atoms. The molecular formula is C17H25ClZr. The Labute approximate surface area is 143 Å². The molecule has 0 amide bonds. The maximum atomic E-state index is 4.64. The van der Waals surface area contributed by atoms with Crippen LogP contribution in [0.5, 0.6) is 0 Å². The summed E-state index contributed by atoms with van der Waals surface area (Å²) in [5.74, 6) is 0. The molecule has 0 aliphatic heterocycles. The van der Waals surface area contributed by atoms with E-state index in [-0.39, 0.29) is 26.2 Å². The molecule has 0 atom stereocenters. The molecule has 2 rings (SSSR count). The van der Waals surface area contributed by atoms with Crippen LogP contribution in [0.2, 0.25) is 0 Å². The summed E-state index contributed by atoms with van der Waals surface area (Å²) < 4.78 is 0. The number of aryl methyl sites for hydroxylation is 4. The molecule has 0 aliphatic rings. The fourth-order valence-electron chi connectivity index (χ4n) is 1.69. The summed E-state index contributed by atoms with van der Waals surface area (Å²) in [5.41, 5.74) is 5.65. The van der Waals surface area contributed by atoms with Gasteiger partial charge in [0.25, 0.3) is 0 Å². The van der Waals surface area contributed by atoms with Gasteiger partial charge in [0.2, 0.25) is 0 Å². The number of hydrogen-bond donors (Lipinski definition) is 0. The van der Waals surface area contributed by atoms with Gasteiger partial charge in [-0.1, -0.05) is 40.5 Å². The second-order valence-corrected chi connectivity index (χ2v) is 4.30. The van der Waals surface area contributed by atoms with Gasteiger partial charge in [0.1, 0.15) is 0 Å². The van der Waals surface area contributed by atoms with Crippen molar-refractivity contribution in [3.05, 3.63) is 58.7 Å². The molecule has 2 aromatic carbocycles. The van der Waals surface area contributed by atoms with E-state index >= 15 is 0 Å². The quantitative estimate of drug-likeness (QED) is 0.499.